The van der Waals surface area contributed by atoms with Gasteiger partial charge in [0, 0.05) is 6.92 Å². The molecule has 2 nitrogen and oxygen atoms in total. The zero-order chi connectivity index (χ0) is 8.20. The Balaban J connectivity index is 3.56. The molecule has 0 saturated heterocycles. The summed E-state index contributed by atoms with van der Waals surface area (Å²) in [5, 5.41) is 0. The summed E-state index contributed by atoms with van der Waals surface area (Å²) in [6, 6.07) is 0. The molecule has 0 radical (unpaired) electrons. The monoisotopic (exact) mass is 272 g/mol. The van der Waals surface area contributed by atoms with E-state index in [0.717, 1.165) is 6.42 Å². The molecule has 0 saturated carbocycles. The summed E-state index contributed by atoms with van der Waals surface area (Å²) >= 11 is 6.70. The fraction of sp³-hybridized carbons (Fsp3) is 0.833. The largest absolute Gasteiger partial charge is 0.463 e. The number of ether oxygens (including phenoxy) is 1. The molecule has 0 bridgehead atoms. The Kier molecular flexibility index (Phi) is 4.52. The van der Waals surface area contributed by atoms with E-state index >= 15 is 0 Å². The van der Waals surface area contributed by atoms with E-state index < -0.39 is 0 Å². The number of hydrogen-bond donors (Lipinski definition) is 0. The quantitative estimate of drug-likeness (QED) is 0.583. The van der Waals surface area contributed by atoms with Gasteiger partial charge in [-0.1, -0.05) is 38.8 Å². The molecule has 0 rings (SSSR count). The van der Waals surface area contributed by atoms with Crippen LogP contribution in [0.4, 0.5) is 0 Å². The molecule has 0 aliphatic heterocycles. The van der Waals surface area contributed by atoms with Crippen LogP contribution in [0.1, 0.15) is 20.3 Å². The zero-order valence-electron chi connectivity index (χ0n) is 5.99. The van der Waals surface area contributed by atoms with Crippen molar-refractivity contribution in [1.82, 2.24) is 0 Å². The summed E-state index contributed by atoms with van der Waals surface area (Å²) in [7, 11) is 0. The standard InChI is InChI=1S/C6H10Br2O2/c1-3-6(7,8)4-10-5(2)9/h3-4H2,1-2H3. The smallest absolute Gasteiger partial charge is 0.302 e. The van der Waals surface area contributed by atoms with Crippen molar-refractivity contribution < 1.29 is 9.53 Å². The first kappa shape index (κ1) is 10.4. The van der Waals surface area contributed by atoms with Crippen LogP contribution in [0.15, 0.2) is 0 Å². The third kappa shape index (κ3) is 5.23. The van der Waals surface area contributed by atoms with Gasteiger partial charge < -0.3 is 4.74 Å². The lowest BCUT2D eigenvalue weighted by Crippen LogP contribution is -2.19. The third-order valence-corrected chi connectivity index (χ3v) is 2.58. The minimum absolute atomic E-state index is 0.244. The fourth-order valence-electron chi connectivity index (χ4n) is 0.309. The van der Waals surface area contributed by atoms with Gasteiger partial charge in [-0.05, 0) is 6.42 Å². The van der Waals surface area contributed by atoms with Crippen LogP contribution in [0, 0.1) is 0 Å². The van der Waals surface area contributed by atoms with Gasteiger partial charge in [-0.15, -0.1) is 0 Å². The molecule has 0 aromatic heterocycles. The molecule has 0 spiro atoms. The predicted octanol–water partition coefficient (Wildman–Crippen LogP) is 2.45. The number of hydrogen-bond acceptors (Lipinski definition) is 2. The zero-order valence-corrected chi connectivity index (χ0v) is 9.16. The van der Waals surface area contributed by atoms with Crippen molar-refractivity contribution in [1.29, 1.82) is 0 Å². The van der Waals surface area contributed by atoms with Gasteiger partial charge in [0.15, 0.2) is 0 Å². The number of carbonyl (C=O) groups excluding carboxylic acids is 1. The number of esters is 1. The number of carbonyl (C=O) groups is 1. The van der Waals surface area contributed by atoms with Gasteiger partial charge in [0.2, 0.25) is 0 Å². The maximum Gasteiger partial charge on any atom is 0.302 e. The van der Waals surface area contributed by atoms with E-state index in [1.807, 2.05) is 6.92 Å². The van der Waals surface area contributed by atoms with Gasteiger partial charge >= 0.3 is 5.97 Å². The van der Waals surface area contributed by atoms with Gasteiger partial charge in [0.05, 0.1) is 0 Å². The maximum atomic E-state index is 10.3. The summed E-state index contributed by atoms with van der Waals surface area (Å²) < 4.78 is 4.52. The number of halogens is 2. The molecular weight excluding hydrogens is 264 g/mol. The summed E-state index contributed by atoms with van der Waals surface area (Å²) in [4.78, 5) is 10.3. The van der Waals surface area contributed by atoms with Crippen molar-refractivity contribution in [3.63, 3.8) is 0 Å². The molecule has 0 aromatic rings. The maximum absolute atomic E-state index is 10.3. The second kappa shape index (κ2) is 4.34. The second-order valence-electron chi connectivity index (χ2n) is 1.99. The highest BCUT2D eigenvalue weighted by Gasteiger charge is 2.21. The first-order valence-corrected chi connectivity index (χ1v) is 4.58. The lowest BCUT2D eigenvalue weighted by Gasteiger charge is -2.16. The Hall–Kier alpha value is 0.430. The molecule has 0 amide bonds. The highest BCUT2D eigenvalue weighted by atomic mass is 79.9. The van der Waals surface area contributed by atoms with E-state index in [1.54, 1.807) is 0 Å². The highest BCUT2D eigenvalue weighted by Crippen LogP contribution is 2.29. The van der Waals surface area contributed by atoms with Crippen LogP contribution in [-0.4, -0.2) is 15.8 Å². The fourth-order valence-corrected chi connectivity index (χ4v) is 0.538. The van der Waals surface area contributed by atoms with E-state index in [1.165, 1.54) is 6.92 Å². The number of rotatable bonds is 3. The Morgan fingerprint density at radius 1 is 1.60 bits per heavy atom. The van der Waals surface area contributed by atoms with Gasteiger partial charge in [-0.2, -0.15) is 0 Å². The molecule has 0 aliphatic carbocycles. The first-order chi connectivity index (χ1) is 4.48. The van der Waals surface area contributed by atoms with Gasteiger partial charge in [-0.3, -0.25) is 4.79 Å². The van der Waals surface area contributed by atoms with E-state index in [4.69, 9.17) is 4.74 Å². The van der Waals surface area contributed by atoms with Crippen LogP contribution in [0.25, 0.3) is 0 Å². The molecule has 0 heterocycles. The van der Waals surface area contributed by atoms with Crippen LogP contribution >= 0.6 is 31.9 Å². The lowest BCUT2D eigenvalue weighted by atomic mass is 10.3. The van der Waals surface area contributed by atoms with Crippen molar-refractivity contribution >= 4 is 37.8 Å². The van der Waals surface area contributed by atoms with Crippen molar-refractivity contribution in [2.24, 2.45) is 0 Å². The first-order valence-electron chi connectivity index (χ1n) is 2.99. The Morgan fingerprint density at radius 2 is 2.10 bits per heavy atom. The van der Waals surface area contributed by atoms with Gasteiger partial charge in [0.25, 0.3) is 0 Å². The summed E-state index contributed by atoms with van der Waals surface area (Å²) in [6.45, 7) is 3.75. The normalized spacial score (nSPS) is 11.2. The van der Waals surface area contributed by atoms with Crippen LogP contribution in [0.5, 0.6) is 0 Å². The molecule has 0 aromatic carbocycles. The molecule has 0 aliphatic rings. The number of alkyl halides is 2. The van der Waals surface area contributed by atoms with E-state index in [9.17, 15) is 4.79 Å². The SMILES string of the molecule is CCC(Br)(Br)COC(C)=O. The summed E-state index contributed by atoms with van der Waals surface area (Å²) in [5.74, 6) is -0.253. The Morgan fingerprint density at radius 3 is 2.40 bits per heavy atom. The molecular formula is C6H10Br2O2. The average Bonchev–Trinajstić information content (AvgIpc) is 1.85. The summed E-state index contributed by atoms with van der Waals surface area (Å²) in [5.41, 5.74) is 0. The van der Waals surface area contributed by atoms with Crippen molar-refractivity contribution in [2.45, 2.75) is 23.5 Å². The van der Waals surface area contributed by atoms with Crippen LogP contribution in [-0.2, 0) is 9.53 Å². The average molecular weight is 274 g/mol. The molecule has 60 valence electrons. The van der Waals surface area contributed by atoms with Crippen molar-refractivity contribution in [3.8, 4) is 0 Å². The molecule has 0 N–H and O–H groups in total. The minimum atomic E-state index is -0.253. The second-order valence-corrected chi connectivity index (χ2v) is 6.09. The van der Waals surface area contributed by atoms with Crippen molar-refractivity contribution in [2.75, 3.05) is 6.61 Å². The Bertz CT molecular complexity index is 123. The van der Waals surface area contributed by atoms with E-state index in [-0.39, 0.29) is 9.20 Å². The minimum Gasteiger partial charge on any atom is -0.463 e. The lowest BCUT2D eigenvalue weighted by molar-refractivity contribution is -0.141. The predicted molar refractivity (Wildman–Crippen MR) is 47.5 cm³/mol. The van der Waals surface area contributed by atoms with Crippen molar-refractivity contribution in [3.05, 3.63) is 0 Å². The summed E-state index contributed by atoms with van der Waals surface area (Å²) in [6.07, 6.45) is 0.861. The third-order valence-electron chi connectivity index (χ3n) is 1.00. The molecule has 0 fully saturated rings. The molecule has 0 unspecified atom stereocenters. The highest BCUT2D eigenvalue weighted by molar-refractivity contribution is 9.25. The van der Waals surface area contributed by atoms with E-state index in [0.29, 0.717) is 6.61 Å². The molecule has 4 heteroatoms. The van der Waals surface area contributed by atoms with Crippen LogP contribution < -0.4 is 0 Å². The molecule has 10 heavy (non-hydrogen) atoms. The van der Waals surface area contributed by atoms with Gasteiger partial charge in [0.1, 0.15) is 9.84 Å². The van der Waals surface area contributed by atoms with Crippen LogP contribution in [0.3, 0.4) is 0 Å². The molecule has 0 atom stereocenters. The topological polar surface area (TPSA) is 26.3 Å². The van der Waals surface area contributed by atoms with Crippen LogP contribution in [0.2, 0.25) is 0 Å². The van der Waals surface area contributed by atoms with E-state index in [2.05, 4.69) is 31.9 Å². The van der Waals surface area contributed by atoms with Gasteiger partial charge in [-0.25, -0.2) is 0 Å². The Labute approximate surface area is 77.6 Å².